The van der Waals surface area contributed by atoms with Gasteiger partial charge in [0.05, 0.1) is 130 Å². The van der Waals surface area contributed by atoms with E-state index in [4.69, 9.17) is 118 Å². The molecule has 6 heterocycles. The summed E-state index contributed by atoms with van der Waals surface area (Å²) >= 11 is 39.3. The number of nitrogens with one attached hydrogen (secondary N) is 5. The van der Waals surface area contributed by atoms with Crippen molar-refractivity contribution in [3.63, 3.8) is 0 Å². The van der Waals surface area contributed by atoms with Crippen LogP contribution in [0.3, 0.4) is 0 Å². The number of H-pyrrole nitrogens is 2. The highest BCUT2D eigenvalue weighted by molar-refractivity contribution is 6.43. The number of nitrogens with zero attached hydrogens (tertiary/aromatic N) is 13. The van der Waals surface area contributed by atoms with Gasteiger partial charge in [0.25, 0.3) is 11.8 Å². The van der Waals surface area contributed by atoms with E-state index in [9.17, 15) is 29.1 Å². The number of aldehydes is 1. The molecule has 0 aliphatic carbocycles. The molecule has 672 valence electrons. The van der Waals surface area contributed by atoms with Crippen LogP contribution in [0.2, 0.25) is 30.1 Å². The molecule has 0 fully saturated rings. The molecule has 0 spiro atoms. The highest BCUT2D eigenvalue weighted by Gasteiger charge is 2.29. The average Bonchev–Trinajstić information content (AvgIpc) is 1.53. The maximum atomic E-state index is 13.3. The molecular formula is C85H105Cl6N19O15. The van der Waals surface area contributed by atoms with Gasteiger partial charge < -0.3 is 78.6 Å². The number of hydrogen-bond acceptors (Lipinski definition) is 28. The van der Waals surface area contributed by atoms with Gasteiger partial charge in [-0.25, -0.2) is 29.1 Å². The number of aromatic carboxylic acids is 1. The molecule has 12 aromatic rings. The fourth-order valence-electron chi connectivity index (χ4n) is 11.6. The molecule has 0 saturated carbocycles. The zero-order chi connectivity index (χ0) is 89.4. The number of fused-ring (bicyclic) bond motifs is 3. The van der Waals surface area contributed by atoms with Crippen molar-refractivity contribution in [1.82, 2.24) is 79.4 Å². The third-order valence-corrected chi connectivity index (χ3v) is 19.6. The molecule has 0 aliphatic heterocycles. The summed E-state index contributed by atoms with van der Waals surface area (Å²) in [5.74, 6) is 0.795. The van der Waals surface area contributed by atoms with E-state index in [0.29, 0.717) is 149 Å². The Balaban J connectivity index is 0.000000292. The lowest BCUT2D eigenvalue weighted by Gasteiger charge is -2.19. The molecule has 0 aliphatic rings. The van der Waals surface area contributed by atoms with Crippen molar-refractivity contribution < 1.29 is 71.7 Å². The molecule has 2 amide bonds. The first-order valence-electron chi connectivity index (χ1n) is 37.1. The number of carboxylic acids is 1. The van der Waals surface area contributed by atoms with Crippen LogP contribution in [-0.2, 0) is 20.8 Å². The quantitative estimate of drug-likeness (QED) is 0.0177. The topological polar surface area (TPSA) is 413 Å². The Morgan fingerprint density at radius 3 is 1.22 bits per heavy atom. The van der Waals surface area contributed by atoms with Crippen LogP contribution in [0.4, 0.5) is 22.6 Å². The van der Waals surface area contributed by atoms with Crippen molar-refractivity contribution in [2.75, 3.05) is 141 Å². The van der Waals surface area contributed by atoms with Crippen LogP contribution >= 0.6 is 69.6 Å². The SMILES string of the molecule is C.C.C.CCOC(OCC)c1cn(C(=O)OC(C)(C)C)c(N)n1.CNCCN(C)C.COc1cc(OC)c(Cl)c(-c2ccc(C(=O)Nc3ncc(C=O)[nH]3)c3nccnc23)c1Cl.COc1cc(OC)c(Cl)c(-c2ccc(C(=O)Nc3ncc(CN(C)CCN(C)C)[nH]3)c3nccnc23)c1Cl.COc1cc(OC)c(Cl)c(-c2ccc(C(=O)O)c3nccnc23)c1Cl. The zero-order valence-electron chi connectivity index (χ0n) is 69.8. The second-order valence-corrected chi connectivity index (χ2v) is 29.7. The summed E-state index contributed by atoms with van der Waals surface area (Å²) in [5, 5.41) is 19.5. The van der Waals surface area contributed by atoms with Crippen molar-refractivity contribution in [3.8, 4) is 67.9 Å². The Kier molecular flexibility index (Phi) is 40.6. The van der Waals surface area contributed by atoms with Crippen molar-refractivity contribution >= 4 is 151 Å². The number of likely N-dealkylation sites (N-methyl/N-ethyl adjacent to an activating group) is 4. The number of methoxy groups -OCH3 is 6. The number of nitrogen functional groups attached to an aromatic ring is 1. The number of ether oxygens (including phenoxy) is 9. The van der Waals surface area contributed by atoms with Gasteiger partial charge in [-0.3, -0.25) is 59.8 Å². The van der Waals surface area contributed by atoms with Crippen LogP contribution in [-0.4, -0.2) is 239 Å². The number of nitrogens with two attached hydrogens (primary N) is 1. The standard InChI is InChI=1S/C26H29Cl2N7O3.C21H15Cl2N5O4.C17H12Cl2N2O4.C13H23N3O4.C5H14N2.3CH4/c1-34(2)10-11-35(3)14-15-13-31-26(32-15)33-25(36)17-7-6-16(23-24(17)30-9-8-29-23)20-21(27)18(37-4)12-19(38-5)22(20)28;1-31-13-7-14(32-2)17(23)15(16(13)22)11-3-4-12(19-18(11)24-5-6-25-19)20(30)28-21-26-8-10(9-29)27-21;1-24-10-7-11(25-2)14(19)12(13(10)18)8-3-4-9(17(22)23)16-15(8)20-5-6-21-16;1-6-18-10(19-7-2)9-8-16(11(14)15-9)12(17)20-13(3,4)5;1-6-4-5-7(2)3;;;/h6-9,12-13H,10-11,14H2,1-5H3,(H2,31,32,33,36);3-9H,1-2H3,(H2,26,27,28,30);3-7H,1-2H3,(H,22,23);8,10H,6-7H2,1-5H3,(H2,14,15);6H,4-5H2,1-3H3;3*1H4. The number of hydrogen-bond donors (Lipinski definition) is 7. The number of benzene rings is 6. The molecule has 125 heavy (non-hydrogen) atoms. The molecule has 0 atom stereocenters. The number of carboxylic acid groups (broad SMARTS) is 1. The van der Waals surface area contributed by atoms with Gasteiger partial charge in [0.15, 0.2) is 6.29 Å². The number of rotatable bonds is 28. The third-order valence-electron chi connectivity index (χ3n) is 17.3. The van der Waals surface area contributed by atoms with E-state index < -0.39 is 29.9 Å². The molecule has 0 saturated heterocycles. The Morgan fingerprint density at radius 1 is 0.528 bits per heavy atom. The highest BCUT2D eigenvalue weighted by Crippen LogP contribution is 2.51. The van der Waals surface area contributed by atoms with Crippen molar-refractivity contribution in [3.05, 3.63) is 174 Å². The van der Waals surface area contributed by atoms with E-state index in [2.05, 4.69) is 99.6 Å². The zero-order valence-corrected chi connectivity index (χ0v) is 74.4. The third kappa shape index (κ3) is 26.4. The number of anilines is 3. The van der Waals surface area contributed by atoms with Crippen LogP contribution in [0.25, 0.3) is 66.5 Å². The predicted octanol–water partition coefficient (Wildman–Crippen LogP) is 17.3. The van der Waals surface area contributed by atoms with Crippen molar-refractivity contribution in [2.24, 2.45) is 0 Å². The summed E-state index contributed by atoms with van der Waals surface area (Å²) in [4.78, 5) is 111. The van der Waals surface area contributed by atoms with E-state index in [-0.39, 0.29) is 82.5 Å². The first kappa shape index (κ1) is 104. The van der Waals surface area contributed by atoms with Gasteiger partial charge in [0, 0.05) is 141 Å². The van der Waals surface area contributed by atoms with Crippen LogP contribution in [0.15, 0.2) is 110 Å². The maximum Gasteiger partial charge on any atom is 0.421 e. The Morgan fingerprint density at radius 2 is 0.888 bits per heavy atom. The number of amides is 2. The second-order valence-electron chi connectivity index (χ2n) is 27.4. The number of halogens is 6. The molecule has 0 bridgehead atoms. The lowest BCUT2D eigenvalue weighted by atomic mass is 9.99. The first-order chi connectivity index (χ1) is 58.2. The van der Waals surface area contributed by atoms with Crippen LogP contribution in [0.1, 0.15) is 116 Å². The number of carbonyl (C=O) groups excluding carboxylic acids is 4. The second kappa shape index (κ2) is 48.8. The fraction of sp³-hybridized carbons (Fsp3) is 0.341. The summed E-state index contributed by atoms with van der Waals surface area (Å²) in [5.41, 5.74) is 12.4. The molecule has 6 aromatic heterocycles. The number of aromatic amines is 2. The van der Waals surface area contributed by atoms with E-state index in [0.717, 1.165) is 36.4 Å². The molecule has 8 N–H and O–H groups in total. The molecule has 34 nitrogen and oxygen atoms in total. The highest BCUT2D eigenvalue weighted by atomic mass is 35.5. The summed E-state index contributed by atoms with van der Waals surface area (Å²) in [6.07, 6.45) is 12.8. The lowest BCUT2D eigenvalue weighted by molar-refractivity contribution is -0.142. The minimum absolute atomic E-state index is 0. The number of aromatic nitrogens is 12. The Hall–Kier alpha value is -11.4. The minimum Gasteiger partial charge on any atom is -0.495 e. The Labute approximate surface area is 755 Å². The van der Waals surface area contributed by atoms with Gasteiger partial charge in [-0.1, -0.05) is 110 Å². The van der Waals surface area contributed by atoms with E-state index >= 15 is 0 Å². The van der Waals surface area contributed by atoms with E-state index in [1.54, 1.807) is 81.7 Å². The summed E-state index contributed by atoms with van der Waals surface area (Å²) in [6, 6.07) is 14.4. The average molecular weight is 1850 g/mol. The number of imidazole rings is 3. The largest absolute Gasteiger partial charge is 0.495 e. The molecular weight excluding hydrogens is 1740 g/mol. The van der Waals surface area contributed by atoms with E-state index in [1.165, 1.54) is 92.1 Å². The predicted molar refractivity (Wildman–Crippen MR) is 492 cm³/mol. The molecule has 0 unspecified atom stereocenters. The smallest absolute Gasteiger partial charge is 0.421 e. The molecule has 40 heteroatoms. The minimum atomic E-state index is -1.10. The first-order valence-corrected chi connectivity index (χ1v) is 39.4. The molecule has 6 aromatic carbocycles. The van der Waals surface area contributed by atoms with Gasteiger partial charge in [-0.2, -0.15) is 0 Å². The summed E-state index contributed by atoms with van der Waals surface area (Å²) < 4.78 is 49.3. The molecule has 12 rings (SSSR count). The van der Waals surface area contributed by atoms with Crippen LogP contribution in [0.5, 0.6) is 34.5 Å². The lowest BCUT2D eigenvalue weighted by Crippen LogP contribution is -2.28. The number of carbonyl (C=O) groups is 5. The van der Waals surface area contributed by atoms with Gasteiger partial charge >= 0.3 is 12.1 Å². The van der Waals surface area contributed by atoms with Gasteiger partial charge in [0.2, 0.25) is 24.1 Å². The maximum absolute atomic E-state index is 13.3. The van der Waals surface area contributed by atoms with Crippen molar-refractivity contribution in [2.45, 2.75) is 75.3 Å². The summed E-state index contributed by atoms with van der Waals surface area (Å²) in [6.45, 7) is 14.7. The van der Waals surface area contributed by atoms with Crippen molar-refractivity contribution in [1.29, 1.82) is 0 Å². The molecule has 0 radical (unpaired) electrons. The normalized spacial score (nSPS) is 10.8. The van der Waals surface area contributed by atoms with E-state index in [1.807, 2.05) is 42.0 Å². The van der Waals surface area contributed by atoms with Gasteiger partial charge in [-0.05, 0) is 95.1 Å². The van der Waals surface area contributed by atoms with Crippen LogP contribution in [0, 0.1) is 0 Å². The fourth-order valence-corrected chi connectivity index (χ4v) is 13.7. The van der Waals surface area contributed by atoms with Gasteiger partial charge in [0.1, 0.15) is 62.3 Å². The Bertz CT molecular complexity index is 5590. The summed E-state index contributed by atoms with van der Waals surface area (Å²) in [7, 11) is 21.1. The van der Waals surface area contributed by atoms with Crippen LogP contribution < -0.4 is 50.1 Å². The monoisotopic (exact) mass is 1840 g/mol. The van der Waals surface area contributed by atoms with Gasteiger partial charge in [-0.15, -0.1) is 0 Å².